The van der Waals surface area contributed by atoms with Crippen LogP contribution in [0.25, 0.3) is 0 Å². The largest absolute Gasteiger partial charge is 0.296 e. The fraction of sp³-hybridized carbons (Fsp3) is 0.533. The first kappa shape index (κ1) is 11.7. The molecule has 0 aliphatic heterocycles. The van der Waals surface area contributed by atoms with Crippen molar-refractivity contribution in [1.29, 1.82) is 5.26 Å². The molecule has 2 nitrogen and oxygen atoms in total. The van der Waals surface area contributed by atoms with Gasteiger partial charge in [-0.1, -0.05) is 12.1 Å². The van der Waals surface area contributed by atoms with Crippen molar-refractivity contribution in [3.05, 3.63) is 35.1 Å². The molecule has 0 spiro atoms. The summed E-state index contributed by atoms with van der Waals surface area (Å²) in [5.41, 5.74) is 0.830. The molecule has 0 atom stereocenters. The summed E-state index contributed by atoms with van der Waals surface area (Å²) >= 11 is 0. The van der Waals surface area contributed by atoms with Crippen LogP contribution in [0, 0.1) is 23.1 Å². The van der Waals surface area contributed by atoms with Crippen molar-refractivity contribution >= 4 is 0 Å². The zero-order valence-corrected chi connectivity index (χ0v) is 10.4. The van der Waals surface area contributed by atoms with Crippen molar-refractivity contribution in [3.8, 4) is 6.07 Å². The maximum atomic E-state index is 14.0. The minimum atomic E-state index is -0.332. The van der Waals surface area contributed by atoms with E-state index >= 15 is 0 Å². The molecule has 2 fully saturated rings. The van der Waals surface area contributed by atoms with E-state index in [2.05, 4.69) is 4.90 Å². The molecule has 0 aromatic heterocycles. The van der Waals surface area contributed by atoms with E-state index in [1.165, 1.54) is 25.7 Å². The van der Waals surface area contributed by atoms with Gasteiger partial charge in [-0.2, -0.15) is 5.26 Å². The van der Waals surface area contributed by atoms with Crippen LogP contribution in [0.15, 0.2) is 18.2 Å². The third kappa shape index (κ3) is 2.54. The van der Waals surface area contributed by atoms with E-state index in [0.29, 0.717) is 18.2 Å². The molecule has 2 aliphatic rings. The monoisotopic (exact) mass is 244 g/mol. The molecule has 0 amide bonds. The predicted octanol–water partition coefficient (Wildman–Crippen LogP) is 3.07. The molecule has 0 bridgehead atoms. The Hall–Kier alpha value is -1.40. The molecule has 3 rings (SSSR count). The molecular weight excluding hydrogens is 227 g/mol. The van der Waals surface area contributed by atoms with Gasteiger partial charge in [0.1, 0.15) is 11.9 Å². The SMILES string of the molecule is N#Cc1cccc(CN(CC2CC2)C2CC2)c1F. The van der Waals surface area contributed by atoms with Gasteiger partial charge >= 0.3 is 0 Å². The van der Waals surface area contributed by atoms with E-state index in [4.69, 9.17) is 5.26 Å². The summed E-state index contributed by atoms with van der Waals surface area (Å²) in [6.07, 6.45) is 5.13. The molecular formula is C15H17FN2. The highest BCUT2D eigenvalue weighted by atomic mass is 19.1. The van der Waals surface area contributed by atoms with Crippen molar-refractivity contribution in [2.24, 2.45) is 5.92 Å². The van der Waals surface area contributed by atoms with Crippen molar-refractivity contribution in [2.75, 3.05) is 6.54 Å². The zero-order valence-electron chi connectivity index (χ0n) is 10.4. The number of nitrogens with zero attached hydrogens (tertiary/aromatic N) is 2. The molecule has 0 heterocycles. The number of benzene rings is 1. The minimum Gasteiger partial charge on any atom is -0.296 e. The first-order valence-electron chi connectivity index (χ1n) is 6.69. The van der Waals surface area contributed by atoms with Crippen LogP contribution >= 0.6 is 0 Å². The third-order valence-corrected chi connectivity index (χ3v) is 3.83. The van der Waals surface area contributed by atoms with E-state index in [-0.39, 0.29) is 11.4 Å². The van der Waals surface area contributed by atoms with Gasteiger partial charge in [0, 0.05) is 24.7 Å². The molecule has 18 heavy (non-hydrogen) atoms. The lowest BCUT2D eigenvalue weighted by Crippen LogP contribution is -2.28. The molecule has 0 saturated heterocycles. The summed E-state index contributed by atoms with van der Waals surface area (Å²) in [5, 5.41) is 8.85. The Morgan fingerprint density at radius 3 is 2.67 bits per heavy atom. The Morgan fingerprint density at radius 2 is 2.06 bits per heavy atom. The number of hydrogen-bond donors (Lipinski definition) is 0. The van der Waals surface area contributed by atoms with Crippen LogP contribution in [0.3, 0.4) is 0 Å². The van der Waals surface area contributed by atoms with Crippen LogP contribution in [0.2, 0.25) is 0 Å². The van der Waals surface area contributed by atoms with Crippen molar-refractivity contribution in [1.82, 2.24) is 4.90 Å². The van der Waals surface area contributed by atoms with Gasteiger partial charge in [-0.25, -0.2) is 4.39 Å². The van der Waals surface area contributed by atoms with Crippen LogP contribution in [-0.2, 0) is 6.54 Å². The summed E-state index contributed by atoms with van der Waals surface area (Å²) in [5.74, 6) is 0.495. The first-order valence-corrected chi connectivity index (χ1v) is 6.69. The standard InChI is InChI=1S/C15H17FN2/c16-15-12(8-17)2-1-3-13(15)10-18(14-6-7-14)9-11-4-5-11/h1-3,11,14H,4-7,9-10H2. The van der Waals surface area contributed by atoms with Gasteiger partial charge in [0.25, 0.3) is 0 Å². The quantitative estimate of drug-likeness (QED) is 0.796. The Balaban J connectivity index is 1.75. The van der Waals surface area contributed by atoms with Crippen LogP contribution in [0.1, 0.15) is 36.8 Å². The molecule has 0 radical (unpaired) electrons. The van der Waals surface area contributed by atoms with E-state index in [9.17, 15) is 4.39 Å². The number of hydrogen-bond acceptors (Lipinski definition) is 2. The van der Waals surface area contributed by atoms with E-state index in [0.717, 1.165) is 12.5 Å². The smallest absolute Gasteiger partial charge is 0.145 e. The highest BCUT2D eigenvalue weighted by Gasteiger charge is 2.33. The summed E-state index contributed by atoms with van der Waals surface area (Å²) < 4.78 is 14.0. The molecule has 94 valence electrons. The fourth-order valence-electron chi connectivity index (χ4n) is 2.42. The maximum Gasteiger partial charge on any atom is 0.145 e. The van der Waals surface area contributed by atoms with Crippen LogP contribution in [0.5, 0.6) is 0 Å². The van der Waals surface area contributed by atoms with Crippen molar-refractivity contribution in [2.45, 2.75) is 38.3 Å². The lowest BCUT2D eigenvalue weighted by molar-refractivity contribution is 0.241. The molecule has 0 unspecified atom stereocenters. The number of rotatable bonds is 5. The predicted molar refractivity (Wildman–Crippen MR) is 67.3 cm³/mol. The summed E-state index contributed by atoms with van der Waals surface area (Å²) in [6, 6.07) is 7.69. The third-order valence-electron chi connectivity index (χ3n) is 3.83. The van der Waals surface area contributed by atoms with Crippen LogP contribution < -0.4 is 0 Å². The van der Waals surface area contributed by atoms with Gasteiger partial charge in [0.05, 0.1) is 5.56 Å². The molecule has 2 aliphatic carbocycles. The van der Waals surface area contributed by atoms with Crippen LogP contribution in [-0.4, -0.2) is 17.5 Å². The van der Waals surface area contributed by atoms with E-state index < -0.39 is 0 Å². The average Bonchev–Trinajstić information content (AvgIpc) is 3.24. The van der Waals surface area contributed by atoms with Gasteiger partial charge in [0.15, 0.2) is 0 Å². The van der Waals surface area contributed by atoms with Crippen molar-refractivity contribution in [3.63, 3.8) is 0 Å². The zero-order chi connectivity index (χ0) is 12.5. The fourth-order valence-corrected chi connectivity index (χ4v) is 2.42. The Bertz CT molecular complexity index is 484. The second-order valence-electron chi connectivity index (χ2n) is 5.49. The normalized spacial score (nSPS) is 18.9. The van der Waals surface area contributed by atoms with E-state index in [1.807, 2.05) is 6.07 Å². The first-order chi connectivity index (χ1) is 8.78. The highest BCUT2D eigenvalue weighted by Crippen LogP contribution is 2.35. The second-order valence-corrected chi connectivity index (χ2v) is 5.49. The lowest BCUT2D eigenvalue weighted by Gasteiger charge is -2.22. The summed E-state index contributed by atoms with van der Waals surface area (Å²) in [4.78, 5) is 2.40. The highest BCUT2D eigenvalue weighted by molar-refractivity contribution is 5.35. The topological polar surface area (TPSA) is 27.0 Å². The number of nitriles is 1. The van der Waals surface area contributed by atoms with Gasteiger partial charge in [0.2, 0.25) is 0 Å². The average molecular weight is 244 g/mol. The minimum absolute atomic E-state index is 0.162. The lowest BCUT2D eigenvalue weighted by atomic mass is 10.1. The molecule has 3 heteroatoms. The molecule has 1 aromatic rings. The van der Waals surface area contributed by atoms with Crippen LogP contribution in [0.4, 0.5) is 4.39 Å². The molecule has 0 N–H and O–H groups in total. The maximum absolute atomic E-state index is 14.0. The van der Waals surface area contributed by atoms with E-state index in [1.54, 1.807) is 18.2 Å². The van der Waals surface area contributed by atoms with Crippen molar-refractivity contribution < 1.29 is 4.39 Å². The Kier molecular flexibility index (Phi) is 3.05. The molecule has 1 aromatic carbocycles. The summed E-state index contributed by atoms with van der Waals surface area (Å²) in [6.45, 7) is 1.75. The second kappa shape index (κ2) is 4.70. The van der Waals surface area contributed by atoms with Gasteiger partial charge in [-0.05, 0) is 37.7 Å². The Labute approximate surface area is 107 Å². The summed E-state index contributed by atoms with van der Waals surface area (Å²) in [7, 11) is 0. The molecule has 2 saturated carbocycles. The number of halogens is 1. The van der Waals surface area contributed by atoms with Gasteiger partial charge < -0.3 is 0 Å². The van der Waals surface area contributed by atoms with Gasteiger partial charge in [-0.15, -0.1) is 0 Å². The van der Waals surface area contributed by atoms with Gasteiger partial charge in [-0.3, -0.25) is 4.90 Å². The Morgan fingerprint density at radius 1 is 1.28 bits per heavy atom.